The lowest BCUT2D eigenvalue weighted by Crippen LogP contribution is -2.38. The van der Waals surface area contributed by atoms with Gasteiger partial charge in [0, 0.05) is 16.6 Å². The van der Waals surface area contributed by atoms with Gasteiger partial charge in [-0.25, -0.2) is 4.39 Å². The van der Waals surface area contributed by atoms with Gasteiger partial charge in [0.1, 0.15) is 5.82 Å². The Morgan fingerprint density at radius 1 is 0.676 bits per heavy atom. The van der Waals surface area contributed by atoms with E-state index in [4.69, 9.17) is 0 Å². The summed E-state index contributed by atoms with van der Waals surface area (Å²) in [5, 5.41) is 0. The Kier molecular flexibility index (Phi) is 5.16. The average molecular weight is 450 g/mol. The van der Waals surface area contributed by atoms with Gasteiger partial charge >= 0.3 is 0 Å². The molecule has 172 valence electrons. The first kappa shape index (κ1) is 22.4. The summed E-state index contributed by atoms with van der Waals surface area (Å²) in [5.74, 6) is -0.213. The number of aryl methyl sites for hydroxylation is 1. The first-order valence-electron chi connectivity index (χ1n) is 12.0. The van der Waals surface area contributed by atoms with Crippen LogP contribution >= 0.6 is 0 Å². The maximum atomic E-state index is 15.5. The molecule has 0 heterocycles. The Bertz CT molecular complexity index is 1380. The second-order valence-electron chi connectivity index (χ2n) is 10.9. The lowest BCUT2D eigenvalue weighted by atomic mass is 9.82. The van der Waals surface area contributed by atoms with Gasteiger partial charge in [-0.1, -0.05) is 80.6 Å². The van der Waals surface area contributed by atoms with Crippen LogP contribution in [0.2, 0.25) is 0 Å². The van der Waals surface area contributed by atoms with Crippen LogP contribution in [0.5, 0.6) is 0 Å². The summed E-state index contributed by atoms with van der Waals surface area (Å²) < 4.78 is 15.5. The summed E-state index contributed by atoms with van der Waals surface area (Å²) in [4.78, 5) is 2.16. The number of fused-ring (bicyclic) bond motifs is 3. The van der Waals surface area contributed by atoms with Gasteiger partial charge in [0.15, 0.2) is 0 Å². The summed E-state index contributed by atoms with van der Waals surface area (Å²) in [7, 11) is 0. The fraction of sp³-hybridized carbons (Fsp3) is 0.250. The molecule has 5 rings (SSSR count). The van der Waals surface area contributed by atoms with E-state index in [1.54, 1.807) is 6.07 Å². The predicted molar refractivity (Wildman–Crippen MR) is 142 cm³/mol. The van der Waals surface area contributed by atoms with Crippen molar-refractivity contribution in [1.29, 1.82) is 0 Å². The zero-order chi connectivity index (χ0) is 24.3. The monoisotopic (exact) mass is 449 g/mol. The summed E-state index contributed by atoms with van der Waals surface area (Å²) in [6, 6.07) is 28.9. The van der Waals surface area contributed by atoms with Gasteiger partial charge in [-0.3, -0.25) is 0 Å². The van der Waals surface area contributed by atoms with Crippen molar-refractivity contribution < 1.29 is 4.39 Å². The van der Waals surface area contributed by atoms with E-state index in [0.717, 1.165) is 22.4 Å². The highest BCUT2D eigenvalue weighted by atomic mass is 19.1. The number of anilines is 2. The number of nitrogens with zero attached hydrogens (tertiary/aromatic N) is 1. The van der Waals surface area contributed by atoms with E-state index < -0.39 is 0 Å². The predicted octanol–water partition coefficient (Wildman–Crippen LogP) is 9.04. The molecule has 2 heteroatoms. The Hall–Kier alpha value is -3.39. The quantitative estimate of drug-likeness (QED) is 0.301. The van der Waals surface area contributed by atoms with Gasteiger partial charge in [-0.2, -0.15) is 0 Å². The van der Waals surface area contributed by atoms with Crippen LogP contribution in [-0.4, -0.2) is 5.54 Å². The van der Waals surface area contributed by atoms with E-state index in [1.807, 2.05) is 30.3 Å². The molecule has 0 fully saturated rings. The third kappa shape index (κ3) is 3.53. The largest absolute Gasteiger partial charge is 0.333 e. The zero-order valence-electron chi connectivity index (χ0n) is 20.9. The first-order chi connectivity index (χ1) is 16.1. The summed E-state index contributed by atoms with van der Waals surface area (Å²) in [6.45, 7) is 13.2. The third-order valence-corrected chi connectivity index (χ3v) is 7.11. The van der Waals surface area contributed by atoms with Crippen LogP contribution in [0.15, 0.2) is 84.9 Å². The minimum Gasteiger partial charge on any atom is -0.333 e. The highest BCUT2D eigenvalue weighted by Crippen LogP contribution is 2.51. The Balaban J connectivity index is 1.73. The minimum absolute atomic E-state index is 0.0553. The zero-order valence-corrected chi connectivity index (χ0v) is 20.9. The molecule has 34 heavy (non-hydrogen) atoms. The molecule has 1 aliphatic rings. The molecule has 0 atom stereocenters. The molecule has 4 aromatic rings. The summed E-state index contributed by atoms with van der Waals surface area (Å²) in [5.41, 5.74) is 9.71. The van der Waals surface area contributed by atoms with Crippen LogP contribution in [0.1, 0.15) is 51.3 Å². The highest BCUT2D eigenvalue weighted by molar-refractivity contribution is 5.86. The SMILES string of the molecule is Cc1cc2c(cc1N(c1cc(-c3ccccc3)ccc1F)C(C)(C)C)-c1ccccc1C2(C)C. The maximum Gasteiger partial charge on any atom is 0.146 e. The van der Waals surface area contributed by atoms with Gasteiger partial charge in [0.2, 0.25) is 0 Å². The van der Waals surface area contributed by atoms with Gasteiger partial charge < -0.3 is 4.90 Å². The van der Waals surface area contributed by atoms with Crippen molar-refractivity contribution in [1.82, 2.24) is 0 Å². The van der Waals surface area contributed by atoms with Gasteiger partial charge in [-0.15, -0.1) is 0 Å². The lowest BCUT2D eigenvalue weighted by Gasteiger charge is -2.39. The van der Waals surface area contributed by atoms with Crippen molar-refractivity contribution >= 4 is 11.4 Å². The van der Waals surface area contributed by atoms with Crippen LogP contribution in [0.4, 0.5) is 15.8 Å². The van der Waals surface area contributed by atoms with Crippen LogP contribution in [0.25, 0.3) is 22.3 Å². The van der Waals surface area contributed by atoms with Crippen molar-refractivity contribution in [3.05, 3.63) is 107 Å². The maximum absolute atomic E-state index is 15.5. The van der Waals surface area contributed by atoms with E-state index in [1.165, 1.54) is 22.3 Å². The Labute approximate surface area is 202 Å². The van der Waals surface area contributed by atoms with Gasteiger partial charge in [-0.05, 0) is 84.8 Å². The summed E-state index contributed by atoms with van der Waals surface area (Å²) in [6.07, 6.45) is 0. The molecule has 0 radical (unpaired) electrons. The molecule has 0 amide bonds. The van der Waals surface area contributed by atoms with E-state index in [0.29, 0.717) is 5.69 Å². The fourth-order valence-corrected chi connectivity index (χ4v) is 5.43. The minimum atomic E-state index is -0.331. The molecule has 0 spiro atoms. The lowest BCUT2D eigenvalue weighted by molar-refractivity contribution is 0.540. The smallest absolute Gasteiger partial charge is 0.146 e. The Morgan fingerprint density at radius 2 is 1.35 bits per heavy atom. The molecule has 0 aromatic heterocycles. The standard InChI is InChI=1S/C32H32FN/c1-21-18-27-25(24-14-10-11-15-26(24)32(27,5)6)20-29(21)34(31(2,3)4)30-19-23(16-17-28(30)33)22-12-8-7-9-13-22/h7-20H,1-6H3. The number of rotatable bonds is 3. The molecule has 0 saturated heterocycles. The number of benzene rings is 4. The van der Waals surface area contributed by atoms with E-state index in [9.17, 15) is 0 Å². The number of hydrogen-bond donors (Lipinski definition) is 0. The molecular weight excluding hydrogens is 417 g/mol. The molecule has 0 aliphatic heterocycles. The third-order valence-electron chi connectivity index (χ3n) is 7.11. The van der Waals surface area contributed by atoms with Crippen molar-refractivity contribution in [2.24, 2.45) is 0 Å². The first-order valence-corrected chi connectivity index (χ1v) is 12.0. The van der Waals surface area contributed by atoms with Gasteiger partial charge in [0.25, 0.3) is 0 Å². The molecular formula is C32H32FN. The van der Waals surface area contributed by atoms with Gasteiger partial charge in [0.05, 0.1) is 5.69 Å². The normalized spacial score (nSPS) is 14.0. The molecule has 0 N–H and O–H groups in total. The molecule has 0 unspecified atom stereocenters. The Morgan fingerprint density at radius 3 is 2.06 bits per heavy atom. The van der Waals surface area contributed by atoms with Crippen molar-refractivity contribution in [2.45, 2.75) is 52.5 Å². The van der Waals surface area contributed by atoms with Crippen molar-refractivity contribution in [2.75, 3.05) is 4.90 Å². The molecule has 0 bridgehead atoms. The topological polar surface area (TPSA) is 3.24 Å². The van der Waals surface area contributed by atoms with Crippen LogP contribution in [0, 0.1) is 12.7 Å². The second-order valence-corrected chi connectivity index (χ2v) is 10.9. The number of halogens is 1. The molecule has 1 nitrogen and oxygen atoms in total. The van der Waals surface area contributed by atoms with Crippen LogP contribution < -0.4 is 4.90 Å². The van der Waals surface area contributed by atoms with Crippen LogP contribution in [0.3, 0.4) is 0 Å². The second kappa shape index (κ2) is 7.84. The van der Waals surface area contributed by atoms with Crippen LogP contribution in [-0.2, 0) is 5.41 Å². The van der Waals surface area contributed by atoms with Crippen molar-refractivity contribution in [3.63, 3.8) is 0 Å². The molecule has 0 saturated carbocycles. The van der Waals surface area contributed by atoms with E-state index in [-0.39, 0.29) is 16.8 Å². The molecule has 4 aromatic carbocycles. The highest BCUT2D eigenvalue weighted by Gasteiger charge is 2.37. The summed E-state index contributed by atoms with van der Waals surface area (Å²) >= 11 is 0. The average Bonchev–Trinajstić information content (AvgIpc) is 3.02. The fourth-order valence-electron chi connectivity index (χ4n) is 5.43. The number of hydrogen-bond acceptors (Lipinski definition) is 1. The van der Waals surface area contributed by atoms with E-state index in [2.05, 4.69) is 95.0 Å². The van der Waals surface area contributed by atoms with Crippen molar-refractivity contribution in [3.8, 4) is 22.3 Å². The molecule has 1 aliphatic carbocycles. The van der Waals surface area contributed by atoms with E-state index >= 15 is 4.39 Å².